The number of hydrogen-bond acceptors (Lipinski definition) is 4. The standard InChI is InChI=1S/C18H11N3O2/c19-12-17(18(13-20)21(22)23)16-10-8-15(9-11-16)7-6-14-4-2-1-3-5-14/h1-11H/b7-6+,18-17-/i1D,2D,3D,4D,5D. The molecule has 23 heavy (non-hydrogen) atoms. The Bertz CT molecular complexity index is 1080. The molecule has 0 heterocycles. The van der Waals surface area contributed by atoms with E-state index in [4.69, 9.17) is 17.4 Å². The lowest BCUT2D eigenvalue weighted by Gasteiger charge is -1.99. The largest absolute Gasteiger partial charge is 0.363 e. The highest BCUT2D eigenvalue weighted by molar-refractivity contribution is 5.81. The molecule has 0 aliphatic carbocycles. The summed E-state index contributed by atoms with van der Waals surface area (Å²) < 4.78 is 38.6. The highest BCUT2D eigenvalue weighted by Gasteiger charge is 2.19. The summed E-state index contributed by atoms with van der Waals surface area (Å²) in [4.78, 5) is 9.93. The molecule has 2 aromatic carbocycles. The first-order valence-corrected chi connectivity index (χ1v) is 6.27. The van der Waals surface area contributed by atoms with Crippen molar-refractivity contribution in [1.29, 1.82) is 10.5 Å². The van der Waals surface area contributed by atoms with Gasteiger partial charge in [-0.25, -0.2) is 0 Å². The summed E-state index contributed by atoms with van der Waals surface area (Å²) in [6.45, 7) is 0. The second-order valence-corrected chi connectivity index (χ2v) is 4.20. The van der Waals surface area contributed by atoms with Gasteiger partial charge in [-0.1, -0.05) is 66.6 Å². The van der Waals surface area contributed by atoms with Crippen LogP contribution >= 0.6 is 0 Å². The van der Waals surface area contributed by atoms with Gasteiger partial charge < -0.3 is 0 Å². The molecule has 0 spiro atoms. The Kier molecular flexibility index (Phi) is 3.23. The van der Waals surface area contributed by atoms with Crippen LogP contribution in [0.1, 0.15) is 23.5 Å². The SMILES string of the molecule is [2H]c1c([2H])c([2H])c(/C=C/c2ccc(/C(C#N)=C(/C#N)[N+](=O)[O-])cc2)c([2H])c1[2H]. The van der Waals surface area contributed by atoms with E-state index in [-0.39, 0.29) is 28.8 Å². The molecule has 0 aromatic heterocycles. The lowest BCUT2D eigenvalue weighted by molar-refractivity contribution is -0.416. The zero-order chi connectivity index (χ0) is 21.0. The van der Waals surface area contributed by atoms with E-state index in [0.29, 0.717) is 5.56 Å². The van der Waals surface area contributed by atoms with E-state index in [1.165, 1.54) is 42.5 Å². The van der Waals surface area contributed by atoms with Gasteiger partial charge in [-0.15, -0.1) is 0 Å². The average Bonchev–Trinajstić information content (AvgIpc) is 2.69. The molecule has 0 bridgehead atoms. The Morgan fingerprint density at radius 2 is 1.65 bits per heavy atom. The highest BCUT2D eigenvalue weighted by atomic mass is 16.6. The van der Waals surface area contributed by atoms with Crippen LogP contribution in [0, 0.1) is 32.8 Å². The van der Waals surface area contributed by atoms with Gasteiger partial charge in [-0.3, -0.25) is 10.1 Å². The molecule has 2 rings (SSSR count). The first-order chi connectivity index (χ1) is 13.2. The minimum atomic E-state index is -0.926. The van der Waals surface area contributed by atoms with E-state index >= 15 is 0 Å². The van der Waals surface area contributed by atoms with E-state index in [1.54, 1.807) is 6.07 Å². The molecular formula is C18H11N3O2. The van der Waals surface area contributed by atoms with Crippen molar-refractivity contribution >= 4 is 17.7 Å². The molecule has 5 heteroatoms. The molecular weight excluding hydrogens is 290 g/mol. The van der Waals surface area contributed by atoms with Crippen molar-refractivity contribution in [2.75, 3.05) is 0 Å². The summed E-state index contributed by atoms with van der Waals surface area (Å²) in [5, 5.41) is 28.8. The van der Waals surface area contributed by atoms with Crippen LogP contribution in [0.25, 0.3) is 17.7 Å². The smallest absolute Gasteiger partial charge is 0.258 e. The Morgan fingerprint density at radius 3 is 2.17 bits per heavy atom. The zero-order valence-electron chi connectivity index (χ0n) is 16.6. The molecule has 0 amide bonds. The molecule has 5 nitrogen and oxygen atoms in total. The van der Waals surface area contributed by atoms with Crippen LogP contribution in [0.3, 0.4) is 0 Å². The lowest BCUT2D eigenvalue weighted by atomic mass is 10.0. The number of nitro groups is 1. The fraction of sp³-hybridized carbons (Fsp3) is 0. The summed E-state index contributed by atoms with van der Waals surface area (Å²) in [5.74, 6) is 0. The average molecular weight is 306 g/mol. The van der Waals surface area contributed by atoms with Crippen LogP contribution in [0.2, 0.25) is 0 Å². The zero-order valence-corrected chi connectivity index (χ0v) is 11.6. The van der Waals surface area contributed by atoms with Crippen LogP contribution in [-0.2, 0) is 0 Å². The predicted molar refractivity (Wildman–Crippen MR) is 87.0 cm³/mol. The fourth-order valence-corrected chi connectivity index (χ4v) is 1.73. The van der Waals surface area contributed by atoms with Gasteiger partial charge in [0.2, 0.25) is 0 Å². The molecule has 0 aliphatic rings. The van der Waals surface area contributed by atoms with Gasteiger partial charge in [0.1, 0.15) is 11.6 Å². The van der Waals surface area contributed by atoms with Gasteiger partial charge in [-0.2, -0.15) is 10.5 Å². The first kappa shape index (κ1) is 10.1. The maximum absolute atomic E-state index is 10.9. The number of nitriles is 2. The van der Waals surface area contributed by atoms with Crippen molar-refractivity contribution < 1.29 is 11.8 Å². The summed E-state index contributed by atoms with van der Waals surface area (Å²) >= 11 is 0. The molecule has 110 valence electrons. The third-order valence-corrected chi connectivity index (χ3v) is 2.80. The fourth-order valence-electron chi connectivity index (χ4n) is 1.73. The van der Waals surface area contributed by atoms with Crippen LogP contribution in [0.4, 0.5) is 0 Å². The van der Waals surface area contributed by atoms with Gasteiger partial charge >= 0.3 is 5.70 Å². The Morgan fingerprint density at radius 1 is 1.04 bits per heavy atom. The maximum Gasteiger partial charge on any atom is 0.363 e. The van der Waals surface area contributed by atoms with E-state index < -0.39 is 28.7 Å². The maximum atomic E-state index is 10.9. The highest BCUT2D eigenvalue weighted by Crippen LogP contribution is 2.20. The number of hydrogen-bond donors (Lipinski definition) is 0. The van der Waals surface area contributed by atoms with E-state index in [1.807, 2.05) is 0 Å². The Balaban J connectivity index is 2.43. The second-order valence-electron chi connectivity index (χ2n) is 4.20. The van der Waals surface area contributed by atoms with Gasteiger partial charge in [-0.05, 0) is 11.1 Å². The van der Waals surface area contributed by atoms with Crippen molar-refractivity contribution in [3.8, 4) is 12.1 Å². The van der Waals surface area contributed by atoms with E-state index in [9.17, 15) is 10.1 Å². The molecule has 0 radical (unpaired) electrons. The first-order valence-electron chi connectivity index (χ1n) is 8.77. The number of allylic oxidation sites excluding steroid dienone is 2. The molecule has 0 fully saturated rings. The normalized spacial score (nSPS) is 14.4. The second kappa shape index (κ2) is 7.35. The van der Waals surface area contributed by atoms with Crippen molar-refractivity contribution in [3.05, 3.63) is 87.0 Å². The third kappa shape index (κ3) is 3.90. The quantitative estimate of drug-likeness (QED) is 0.371. The Labute approximate surface area is 140 Å². The van der Waals surface area contributed by atoms with Crippen molar-refractivity contribution in [2.24, 2.45) is 0 Å². The number of rotatable bonds is 4. The topological polar surface area (TPSA) is 90.7 Å². The van der Waals surface area contributed by atoms with Gasteiger partial charge in [0.05, 0.1) is 11.8 Å². The van der Waals surface area contributed by atoms with Crippen LogP contribution in [0.5, 0.6) is 0 Å². The molecule has 0 N–H and O–H groups in total. The molecule has 0 saturated carbocycles. The summed E-state index contributed by atoms with van der Waals surface area (Å²) in [5.41, 5.74) is -0.449. The van der Waals surface area contributed by atoms with Gasteiger partial charge in [0, 0.05) is 5.56 Å². The number of benzene rings is 2. The van der Waals surface area contributed by atoms with E-state index in [0.717, 1.165) is 0 Å². The molecule has 0 aliphatic heterocycles. The summed E-state index contributed by atoms with van der Waals surface area (Å²) in [6, 6.07) is 6.89. The van der Waals surface area contributed by atoms with Crippen molar-refractivity contribution in [2.45, 2.75) is 0 Å². The van der Waals surface area contributed by atoms with Gasteiger partial charge in [0.15, 0.2) is 6.07 Å². The molecule has 0 unspecified atom stereocenters. The van der Waals surface area contributed by atoms with Crippen LogP contribution < -0.4 is 0 Å². The predicted octanol–water partition coefficient (Wildman–Crippen LogP) is 3.89. The summed E-state index contributed by atoms with van der Waals surface area (Å²) in [7, 11) is 0. The summed E-state index contributed by atoms with van der Waals surface area (Å²) in [6.07, 6.45) is 2.88. The Hall–Kier alpha value is -3.70. The van der Waals surface area contributed by atoms with E-state index in [2.05, 4.69) is 0 Å². The molecule has 0 saturated heterocycles. The number of nitrogens with zero attached hydrogens (tertiary/aromatic N) is 3. The van der Waals surface area contributed by atoms with Crippen molar-refractivity contribution in [3.63, 3.8) is 0 Å². The minimum absolute atomic E-state index is 0.0211. The van der Waals surface area contributed by atoms with Crippen molar-refractivity contribution in [1.82, 2.24) is 0 Å². The van der Waals surface area contributed by atoms with Crippen LogP contribution in [-0.4, -0.2) is 4.92 Å². The molecule has 2 aromatic rings. The third-order valence-electron chi connectivity index (χ3n) is 2.80. The monoisotopic (exact) mass is 306 g/mol. The molecule has 0 atom stereocenters. The van der Waals surface area contributed by atoms with Crippen LogP contribution in [0.15, 0.2) is 60.2 Å². The van der Waals surface area contributed by atoms with Gasteiger partial charge in [0.25, 0.3) is 0 Å². The minimum Gasteiger partial charge on any atom is -0.258 e. The lowest BCUT2D eigenvalue weighted by Crippen LogP contribution is -2.00.